The number of aryl methyl sites for hydroxylation is 1. The molecule has 1 heterocycles. The summed E-state index contributed by atoms with van der Waals surface area (Å²) in [5, 5.41) is 0.549. The lowest BCUT2D eigenvalue weighted by Crippen LogP contribution is -2.08. The molecular weight excluding hydrogens is 242 g/mol. The van der Waals surface area contributed by atoms with Crippen LogP contribution in [0.3, 0.4) is 0 Å². The molecule has 1 aromatic heterocycles. The predicted octanol–water partition coefficient (Wildman–Crippen LogP) is 2.89. The normalized spacial score (nSPS) is 11.0. The van der Waals surface area contributed by atoms with Crippen molar-refractivity contribution in [3.8, 4) is 5.75 Å². The Morgan fingerprint density at radius 3 is 2.53 bits per heavy atom. The van der Waals surface area contributed by atoms with Crippen molar-refractivity contribution in [1.29, 1.82) is 0 Å². The van der Waals surface area contributed by atoms with Crippen LogP contribution in [-0.2, 0) is 4.79 Å². The van der Waals surface area contributed by atoms with Gasteiger partial charge in [-0.2, -0.15) is 0 Å². The Hall–Kier alpha value is -2.10. The molecule has 19 heavy (non-hydrogen) atoms. The van der Waals surface area contributed by atoms with Crippen LogP contribution in [0.15, 0.2) is 23.0 Å². The van der Waals surface area contributed by atoms with E-state index in [4.69, 9.17) is 4.74 Å². The molecule has 2 rings (SSSR count). The second kappa shape index (κ2) is 4.88. The Bertz CT molecular complexity index is 698. The zero-order valence-corrected chi connectivity index (χ0v) is 11.5. The van der Waals surface area contributed by atoms with E-state index in [1.54, 1.807) is 12.1 Å². The first kappa shape index (κ1) is 13.3. The number of esters is 1. The topological polar surface area (TPSA) is 59.2 Å². The summed E-state index contributed by atoms with van der Waals surface area (Å²) in [6.07, 6.45) is 0. The minimum atomic E-state index is -0.391. The summed E-state index contributed by atoms with van der Waals surface area (Å²) in [6.45, 7) is 7.27. The number of hydrogen-bond donors (Lipinski definition) is 1. The maximum absolute atomic E-state index is 12.1. The Labute approximate surface area is 111 Å². The first-order chi connectivity index (χ1) is 8.88. The minimum Gasteiger partial charge on any atom is -0.427 e. The molecule has 4 nitrogen and oxygen atoms in total. The van der Waals surface area contributed by atoms with E-state index >= 15 is 0 Å². The van der Waals surface area contributed by atoms with Crippen molar-refractivity contribution >= 4 is 16.9 Å². The van der Waals surface area contributed by atoms with Gasteiger partial charge in [0.25, 0.3) is 0 Å². The van der Waals surface area contributed by atoms with Crippen molar-refractivity contribution in [2.24, 2.45) is 0 Å². The van der Waals surface area contributed by atoms with Gasteiger partial charge in [0.15, 0.2) is 5.43 Å². The second-order valence-corrected chi connectivity index (χ2v) is 5.00. The highest BCUT2D eigenvalue weighted by Gasteiger charge is 2.12. The van der Waals surface area contributed by atoms with Crippen LogP contribution in [0.5, 0.6) is 5.75 Å². The number of pyridine rings is 1. The molecule has 1 N–H and O–H groups in total. The number of nitrogens with one attached hydrogen (secondary N) is 1. The van der Waals surface area contributed by atoms with Gasteiger partial charge in [-0.3, -0.25) is 9.59 Å². The zero-order valence-electron chi connectivity index (χ0n) is 11.5. The standard InChI is InChI=1S/C15H17NO3/c1-8(2)12-6-11(19-10(4)17)7-13-14(18)5-9(3)16-15(12)13/h5-8H,1-4H3,(H,16,18). The van der Waals surface area contributed by atoms with Crippen molar-refractivity contribution in [3.63, 3.8) is 0 Å². The van der Waals surface area contributed by atoms with Crippen LogP contribution in [0, 0.1) is 6.92 Å². The van der Waals surface area contributed by atoms with Gasteiger partial charge in [0.2, 0.25) is 0 Å². The van der Waals surface area contributed by atoms with Crippen molar-refractivity contribution in [2.45, 2.75) is 33.6 Å². The average Bonchev–Trinajstić information content (AvgIpc) is 2.28. The fourth-order valence-electron chi connectivity index (χ4n) is 2.16. The van der Waals surface area contributed by atoms with E-state index in [-0.39, 0.29) is 11.3 Å². The quantitative estimate of drug-likeness (QED) is 0.666. The number of rotatable bonds is 2. The zero-order chi connectivity index (χ0) is 14.2. The van der Waals surface area contributed by atoms with Gasteiger partial charge in [0.1, 0.15) is 5.75 Å². The van der Waals surface area contributed by atoms with Crippen LogP contribution in [0.4, 0.5) is 0 Å². The van der Waals surface area contributed by atoms with Crippen LogP contribution in [0.2, 0.25) is 0 Å². The number of carbonyl (C=O) groups is 1. The number of H-pyrrole nitrogens is 1. The molecule has 0 aliphatic heterocycles. The van der Waals surface area contributed by atoms with E-state index in [1.165, 1.54) is 6.92 Å². The molecule has 0 atom stereocenters. The molecule has 0 radical (unpaired) electrons. The monoisotopic (exact) mass is 259 g/mol. The third-order valence-corrected chi connectivity index (χ3v) is 2.96. The van der Waals surface area contributed by atoms with E-state index in [9.17, 15) is 9.59 Å². The first-order valence-electron chi connectivity index (χ1n) is 6.24. The fraction of sp³-hybridized carbons (Fsp3) is 0.333. The van der Waals surface area contributed by atoms with Gasteiger partial charge in [-0.25, -0.2) is 0 Å². The molecule has 0 fully saturated rings. The fourth-order valence-corrected chi connectivity index (χ4v) is 2.16. The van der Waals surface area contributed by atoms with E-state index in [2.05, 4.69) is 4.98 Å². The summed E-state index contributed by atoms with van der Waals surface area (Å²) >= 11 is 0. The van der Waals surface area contributed by atoms with E-state index in [1.807, 2.05) is 26.8 Å². The highest BCUT2D eigenvalue weighted by atomic mass is 16.5. The van der Waals surface area contributed by atoms with Gasteiger partial charge < -0.3 is 9.72 Å². The average molecular weight is 259 g/mol. The van der Waals surface area contributed by atoms with Gasteiger partial charge in [-0.15, -0.1) is 0 Å². The number of fused-ring (bicyclic) bond motifs is 1. The largest absolute Gasteiger partial charge is 0.427 e. The molecule has 0 saturated carbocycles. The van der Waals surface area contributed by atoms with Crippen LogP contribution in [0.1, 0.15) is 37.9 Å². The third-order valence-electron chi connectivity index (χ3n) is 2.96. The van der Waals surface area contributed by atoms with Gasteiger partial charge in [-0.1, -0.05) is 13.8 Å². The molecule has 100 valence electrons. The van der Waals surface area contributed by atoms with Crippen LogP contribution in [0.25, 0.3) is 10.9 Å². The molecule has 0 saturated heterocycles. The molecule has 0 unspecified atom stereocenters. The number of ether oxygens (including phenoxy) is 1. The molecule has 0 aliphatic rings. The number of carbonyl (C=O) groups excluding carboxylic acids is 1. The summed E-state index contributed by atoms with van der Waals surface area (Å²) in [6, 6.07) is 4.97. The summed E-state index contributed by atoms with van der Waals surface area (Å²) < 4.78 is 5.11. The van der Waals surface area contributed by atoms with Crippen LogP contribution >= 0.6 is 0 Å². The Morgan fingerprint density at radius 1 is 1.26 bits per heavy atom. The molecule has 2 aromatic rings. The molecule has 0 bridgehead atoms. The highest BCUT2D eigenvalue weighted by molar-refractivity contribution is 5.85. The maximum Gasteiger partial charge on any atom is 0.308 e. The van der Waals surface area contributed by atoms with E-state index in [0.717, 1.165) is 16.8 Å². The molecule has 0 spiro atoms. The second-order valence-electron chi connectivity index (χ2n) is 5.00. The Kier molecular flexibility index (Phi) is 3.42. The molecule has 0 amide bonds. The van der Waals surface area contributed by atoms with Crippen molar-refractivity contribution in [1.82, 2.24) is 4.98 Å². The van der Waals surface area contributed by atoms with Crippen molar-refractivity contribution < 1.29 is 9.53 Å². The van der Waals surface area contributed by atoms with Crippen LogP contribution in [-0.4, -0.2) is 11.0 Å². The molecule has 0 aliphatic carbocycles. The summed E-state index contributed by atoms with van der Waals surface area (Å²) in [7, 11) is 0. The lowest BCUT2D eigenvalue weighted by atomic mass is 9.99. The number of hydrogen-bond acceptors (Lipinski definition) is 3. The smallest absolute Gasteiger partial charge is 0.308 e. The minimum absolute atomic E-state index is 0.0675. The van der Waals surface area contributed by atoms with Gasteiger partial charge >= 0.3 is 5.97 Å². The summed E-state index contributed by atoms with van der Waals surface area (Å²) in [4.78, 5) is 26.3. The number of aromatic amines is 1. The first-order valence-corrected chi connectivity index (χ1v) is 6.24. The summed E-state index contributed by atoms with van der Waals surface area (Å²) in [5.74, 6) is 0.242. The molecule has 1 aromatic carbocycles. The van der Waals surface area contributed by atoms with Gasteiger partial charge in [0.05, 0.1) is 5.52 Å². The van der Waals surface area contributed by atoms with Crippen molar-refractivity contribution in [2.75, 3.05) is 0 Å². The lowest BCUT2D eigenvalue weighted by Gasteiger charge is -2.13. The molecule has 4 heteroatoms. The lowest BCUT2D eigenvalue weighted by molar-refractivity contribution is -0.131. The predicted molar refractivity (Wildman–Crippen MR) is 74.7 cm³/mol. The summed E-state index contributed by atoms with van der Waals surface area (Å²) in [5.41, 5.74) is 2.53. The number of aromatic nitrogens is 1. The maximum atomic E-state index is 12.1. The van der Waals surface area contributed by atoms with Crippen molar-refractivity contribution in [3.05, 3.63) is 39.7 Å². The SMILES string of the molecule is CC(=O)Oc1cc(C(C)C)c2[nH]c(C)cc(=O)c2c1. The Morgan fingerprint density at radius 2 is 1.95 bits per heavy atom. The third kappa shape index (κ3) is 2.67. The van der Waals surface area contributed by atoms with E-state index < -0.39 is 5.97 Å². The number of benzene rings is 1. The van der Waals surface area contributed by atoms with E-state index in [0.29, 0.717) is 11.1 Å². The highest BCUT2D eigenvalue weighted by Crippen LogP contribution is 2.28. The van der Waals surface area contributed by atoms with Gasteiger partial charge in [-0.05, 0) is 30.5 Å². The van der Waals surface area contributed by atoms with Crippen LogP contribution < -0.4 is 10.2 Å². The molecular formula is C15H17NO3. The van der Waals surface area contributed by atoms with Gasteiger partial charge in [0, 0.05) is 24.1 Å². The Balaban J connectivity index is 2.79.